The number of carboxylic acids is 1. The maximum absolute atomic E-state index is 10.7. The topological polar surface area (TPSA) is 90.1 Å². The highest BCUT2D eigenvalue weighted by atomic mass is 16.5. The second-order valence-corrected chi connectivity index (χ2v) is 3.35. The fourth-order valence-corrected chi connectivity index (χ4v) is 1.23. The van der Waals surface area contributed by atoms with Gasteiger partial charge >= 0.3 is 5.97 Å². The molecule has 1 aromatic carbocycles. The summed E-state index contributed by atoms with van der Waals surface area (Å²) in [7, 11) is 0. The highest BCUT2D eigenvalue weighted by Gasteiger charge is 2.12. The van der Waals surface area contributed by atoms with Crippen LogP contribution in [0.25, 0.3) is 5.69 Å². The molecule has 0 bridgehead atoms. The number of rotatable bonds is 4. The summed E-state index contributed by atoms with van der Waals surface area (Å²) in [6.07, 6.45) is 0.541. The van der Waals surface area contributed by atoms with Crippen LogP contribution < -0.4 is 4.74 Å². The van der Waals surface area contributed by atoms with E-state index in [4.69, 9.17) is 9.84 Å². The quantitative estimate of drug-likeness (QED) is 0.829. The molecule has 0 saturated heterocycles. The average molecular weight is 234 g/mol. The minimum Gasteiger partial charge on any atom is -0.479 e. The van der Waals surface area contributed by atoms with Crippen molar-refractivity contribution in [2.24, 2.45) is 0 Å². The van der Waals surface area contributed by atoms with Gasteiger partial charge in [0, 0.05) is 6.07 Å². The number of hydrogen-bond acceptors (Lipinski definition) is 5. The van der Waals surface area contributed by atoms with E-state index < -0.39 is 12.1 Å². The lowest BCUT2D eigenvalue weighted by Crippen LogP contribution is -2.22. The van der Waals surface area contributed by atoms with Gasteiger partial charge in [0.1, 0.15) is 12.1 Å². The number of aliphatic carboxylic acids is 1. The van der Waals surface area contributed by atoms with Gasteiger partial charge in [-0.15, -0.1) is 5.10 Å². The molecule has 2 aromatic rings. The Bertz CT molecular complexity index is 512. The molecule has 0 aliphatic carbocycles. The number of tetrazole rings is 1. The highest BCUT2D eigenvalue weighted by Crippen LogP contribution is 2.16. The van der Waals surface area contributed by atoms with Crippen molar-refractivity contribution in [3.63, 3.8) is 0 Å². The number of nitrogens with zero attached hydrogens (tertiary/aromatic N) is 4. The van der Waals surface area contributed by atoms with Crippen LogP contribution >= 0.6 is 0 Å². The maximum Gasteiger partial charge on any atom is 0.344 e. The van der Waals surface area contributed by atoms with Crippen LogP contribution in [0.4, 0.5) is 0 Å². The lowest BCUT2D eigenvalue weighted by atomic mass is 10.3. The van der Waals surface area contributed by atoms with Crippen LogP contribution in [-0.2, 0) is 4.79 Å². The molecule has 1 atom stereocenters. The van der Waals surface area contributed by atoms with Crippen molar-refractivity contribution in [1.82, 2.24) is 20.2 Å². The van der Waals surface area contributed by atoms with E-state index in [1.165, 1.54) is 17.9 Å². The molecule has 0 fully saturated rings. The van der Waals surface area contributed by atoms with E-state index in [0.717, 1.165) is 0 Å². The predicted molar refractivity (Wildman–Crippen MR) is 56.9 cm³/mol. The van der Waals surface area contributed by atoms with Crippen molar-refractivity contribution in [2.45, 2.75) is 13.0 Å². The first-order chi connectivity index (χ1) is 8.16. The van der Waals surface area contributed by atoms with Gasteiger partial charge in [0.05, 0.1) is 5.69 Å². The normalized spacial score (nSPS) is 12.1. The molecule has 0 spiro atoms. The Morgan fingerprint density at radius 1 is 1.53 bits per heavy atom. The molecule has 0 unspecified atom stereocenters. The predicted octanol–water partition coefficient (Wildman–Crippen LogP) is 0.514. The Labute approximate surface area is 96.6 Å². The Morgan fingerprint density at radius 3 is 3.00 bits per heavy atom. The first kappa shape index (κ1) is 11.1. The monoisotopic (exact) mass is 234 g/mol. The van der Waals surface area contributed by atoms with Crippen molar-refractivity contribution in [3.8, 4) is 11.4 Å². The fourth-order valence-electron chi connectivity index (χ4n) is 1.23. The molecular weight excluding hydrogens is 224 g/mol. The van der Waals surface area contributed by atoms with Gasteiger partial charge in [-0.05, 0) is 29.5 Å². The highest BCUT2D eigenvalue weighted by molar-refractivity contribution is 5.72. The minimum atomic E-state index is -1.02. The molecule has 7 nitrogen and oxygen atoms in total. The van der Waals surface area contributed by atoms with Gasteiger partial charge in [-0.2, -0.15) is 0 Å². The fraction of sp³-hybridized carbons (Fsp3) is 0.200. The molecule has 2 rings (SSSR count). The van der Waals surface area contributed by atoms with Crippen molar-refractivity contribution in [1.29, 1.82) is 0 Å². The van der Waals surface area contributed by atoms with Gasteiger partial charge in [-0.1, -0.05) is 6.07 Å². The van der Waals surface area contributed by atoms with E-state index in [0.29, 0.717) is 11.4 Å². The number of aromatic nitrogens is 4. The van der Waals surface area contributed by atoms with Crippen molar-refractivity contribution >= 4 is 5.97 Å². The van der Waals surface area contributed by atoms with Crippen LogP contribution in [0.2, 0.25) is 0 Å². The van der Waals surface area contributed by atoms with Gasteiger partial charge < -0.3 is 9.84 Å². The van der Waals surface area contributed by atoms with Gasteiger partial charge in [0.15, 0.2) is 6.10 Å². The van der Waals surface area contributed by atoms with Crippen molar-refractivity contribution in [3.05, 3.63) is 30.6 Å². The van der Waals surface area contributed by atoms with E-state index in [1.807, 2.05) is 0 Å². The summed E-state index contributed by atoms with van der Waals surface area (Å²) in [6.45, 7) is 1.46. The first-order valence-electron chi connectivity index (χ1n) is 4.89. The maximum atomic E-state index is 10.7. The Hall–Kier alpha value is -2.44. The van der Waals surface area contributed by atoms with Crippen LogP contribution in [-0.4, -0.2) is 37.4 Å². The second-order valence-electron chi connectivity index (χ2n) is 3.35. The van der Waals surface area contributed by atoms with Crippen LogP contribution in [0.15, 0.2) is 30.6 Å². The zero-order chi connectivity index (χ0) is 12.3. The van der Waals surface area contributed by atoms with E-state index in [-0.39, 0.29) is 0 Å². The third kappa shape index (κ3) is 2.57. The van der Waals surface area contributed by atoms with Crippen LogP contribution in [0.1, 0.15) is 6.92 Å². The molecule has 17 heavy (non-hydrogen) atoms. The summed E-state index contributed by atoms with van der Waals surface area (Å²) in [6, 6.07) is 6.86. The molecule has 1 aromatic heterocycles. The van der Waals surface area contributed by atoms with E-state index in [9.17, 15) is 4.79 Å². The lowest BCUT2D eigenvalue weighted by Gasteiger charge is -2.10. The summed E-state index contributed by atoms with van der Waals surface area (Å²) >= 11 is 0. The van der Waals surface area contributed by atoms with Gasteiger partial charge in [0.2, 0.25) is 0 Å². The Balaban J connectivity index is 2.20. The molecule has 0 radical (unpaired) electrons. The SMILES string of the molecule is C[C@H](Oc1cccc(-n2cnnn2)c1)C(=O)O. The number of hydrogen-bond donors (Lipinski definition) is 1. The Kier molecular flexibility index (Phi) is 2.99. The van der Waals surface area contributed by atoms with Gasteiger partial charge in [-0.25, -0.2) is 9.48 Å². The first-order valence-corrected chi connectivity index (χ1v) is 4.89. The summed E-state index contributed by atoms with van der Waals surface area (Å²) in [5.41, 5.74) is 0.699. The number of ether oxygens (including phenoxy) is 1. The molecule has 1 heterocycles. The molecule has 0 aliphatic rings. The zero-order valence-electron chi connectivity index (χ0n) is 9.02. The minimum absolute atomic E-state index is 0.452. The summed E-state index contributed by atoms with van der Waals surface area (Å²) in [5.74, 6) is -0.564. The van der Waals surface area contributed by atoms with Gasteiger partial charge in [0.25, 0.3) is 0 Å². The lowest BCUT2D eigenvalue weighted by molar-refractivity contribution is -0.144. The van der Waals surface area contributed by atoms with Crippen molar-refractivity contribution in [2.75, 3.05) is 0 Å². The third-order valence-corrected chi connectivity index (χ3v) is 2.09. The molecule has 88 valence electrons. The van der Waals surface area contributed by atoms with Gasteiger partial charge in [-0.3, -0.25) is 0 Å². The zero-order valence-corrected chi connectivity index (χ0v) is 9.02. The van der Waals surface area contributed by atoms with Crippen LogP contribution in [0.3, 0.4) is 0 Å². The molecular formula is C10H10N4O3. The largest absolute Gasteiger partial charge is 0.479 e. The number of carbonyl (C=O) groups is 1. The van der Waals surface area contributed by atoms with E-state index in [2.05, 4.69) is 15.5 Å². The van der Waals surface area contributed by atoms with Crippen molar-refractivity contribution < 1.29 is 14.6 Å². The summed E-state index contributed by atoms with van der Waals surface area (Å²) in [4.78, 5) is 10.7. The van der Waals surface area contributed by atoms with Crippen LogP contribution in [0.5, 0.6) is 5.75 Å². The molecule has 0 amide bonds. The molecule has 0 saturated carbocycles. The number of benzene rings is 1. The standard InChI is InChI=1S/C10H10N4O3/c1-7(10(15)16)17-9-4-2-3-8(5-9)14-6-11-12-13-14/h2-7H,1H3,(H,15,16)/t7-/m0/s1. The summed E-state index contributed by atoms with van der Waals surface area (Å²) < 4.78 is 6.69. The average Bonchev–Trinajstić information content (AvgIpc) is 2.82. The van der Waals surface area contributed by atoms with Crippen LogP contribution in [0, 0.1) is 0 Å². The number of carboxylic acid groups (broad SMARTS) is 1. The molecule has 1 N–H and O–H groups in total. The van der Waals surface area contributed by atoms with E-state index >= 15 is 0 Å². The summed E-state index contributed by atoms with van der Waals surface area (Å²) in [5, 5.41) is 19.5. The second kappa shape index (κ2) is 4.60. The Morgan fingerprint density at radius 2 is 2.35 bits per heavy atom. The molecule has 7 heteroatoms. The molecule has 0 aliphatic heterocycles. The smallest absolute Gasteiger partial charge is 0.344 e. The van der Waals surface area contributed by atoms with E-state index in [1.54, 1.807) is 24.3 Å². The third-order valence-electron chi connectivity index (χ3n) is 2.09.